The Kier molecular flexibility index (Phi) is 6.92. The van der Waals surface area contributed by atoms with Crippen molar-refractivity contribution in [3.63, 3.8) is 0 Å². The van der Waals surface area contributed by atoms with E-state index in [-0.39, 0.29) is 35.9 Å². The quantitative estimate of drug-likeness (QED) is 0.340. The summed E-state index contributed by atoms with van der Waals surface area (Å²) in [5.74, 6) is 0.539. The molecular formula is C28H26N2O7S. The first kappa shape index (κ1) is 25.5. The van der Waals surface area contributed by atoms with Crippen molar-refractivity contribution in [3.8, 4) is 11.5 Å². The van der Waals surface area contributed by atoms with E-state index in [1.54, 1.807) is 24.3 Å². The number of aromatic nitrogens is 1. The number of sulfonamides is 1. The van der Waals surface area contributed by atoms with E-state index in [4.69, 9.17) is 14.2 Å². The van der Waals surface area contributed by atoms with E-state index in [0.29, 0.717) is 28.1 Å². The Labute approximate surface area is 219 Å². The largest absolute Gasteiger partial charge is 0.465 e. The highest BCUT2D eigenvalue weighted by Crippen LogP contribution is 2.33. The molecule has 5 rings (SSSR count). The molecule has 0 amide bonds. The Morgan fingerprint density at radius 1 is 0.947 bits per heavy atom. The van der Waals surface area contributed by atoms with Gasteiger partial charge in [0.25, 0.3) is 5.56 Å². The Hall–Kier alpha value is -4.15. The van der Waals surface area contributed by atoms with E-state index in [0.717, 1.165) is 17.4 Å². The van der Waals surface area contributed by atoms with Crippen molar-refractivity contribution in [1.29, 1.82) is 0 Å². The van der Waals surface area contributed by atoms with Crippen LogP contribution >= 0.6 is 0 Å². The van der Waals surface area contributed by atoms with Crippen molar-refractivity contribution in [3.05, 3.63) is 99.3 Å². The molecule has 0 saturated heterocycles. The van der Waals surface area contributed by atoms with Crippen LogP contribution in [0, 0.1) is 0 Å². The summed E-state index contributed by atoms with van der Waals surface area (Å²) in [5.41, 5.74) is 2.61. The van der Waals surface area contributed by atoms with Crippen LogP contribution < -0.4 is 15.0 Å². The minimum Gasteiger partial charge on any atom is -0.465 e. The first-order valence-corrected chi connectivity index (χ1v) is 13.4. The highest BCUT2D eigenvalue weighted by Gasteiger charge is 2.27. The number of nitrogens with zero attached hydrogens (tertiary/aromatic N) is 1. The number of rotatable bonds is 8. The number of aryl methyl sites for hydroxylation is 1. The second-order valence-corrected chi connectivity index (χ2v) is 10.8. The number of esters is 1. The highest BCUT2D eigenvalue weighted by atomic mass is 32.2. The Morgan fingerprint density at radius 2 is 1.68 bits per heavy atom. The molecule has 0 spiro atoms. The van der Waals surface area contributed by atoms with Crippen LogP contribution in [0.15, 0.2) is 76.4 Å². The molecule has 4 aromatic rings. The summed E-state index contributed by atoms with van der Waals surface area (Å²) in [6.45, 7) is 1.94. The van der Waals surface area contributed by atoms with Crippen LogP contribution in [-0.4, -0.2) is 37.6 Å². The summed E-state index contributed by atoms with van der Waals surface area (Å²) in [4.78, 5) is 27.7. The van der Waals surface area contributed by atoms with Crippen molar-refractivity contribution < 1.29 is 27.4 Å². The summed E-state index contributed by atoms with van der Waals surface area (Å²) < 4.78 is 44.5. The minimum atomic E-state index is -4.09. The van der Waals surface area contributed by atoms with Gasteiger partial charge in [0, 0.05) is 24.2 Å². The third-order valence-electron chi connectivity index (χ3n) is 6.45. The first-order chi connectivity index (χ1) is 18.3. The van der Waals surface area contributed by atoms with Crippen LogP contribution in [0.3, 0.4) is 0 Å². The van der Waals surface area contributed by atoms with Crippen LogP contribution in [0.25, 0.3) is 10.9 Å². The van der Waals surface area contributed by atoms with Gasteiger partial charge in [-0.05, 0) is 77.5 Å². The fraction of sp³-hybridized carbons (Fsp3) is 0.214. The lowest BCUT2D eigenvalue weighted by atomic mass is 10.1. The van der Waals surface area contributed by atoms with Gasteiger partial charge in [-0.3, -0.25) is 4.79 Å². The number of hydrogen-bond donors (Lipinski definition) is 1. The maximum Gasteiger partial charge on any atom is 0.337 e. The number of ether oxygens (including phenoxy) is 3. The van der Waals surface area contributed by atoms with Crippen molar-refractivity contribution in [2.45, 2.75) is 31.3 Å². The molecule has 1 aliphatic rings. The lowest BCUT2D eigenvalue weighted by Gasteiger charge is -2.23. The molecule has 196 valence electrons. The van der Waals surface area contributed by atoms with Crippen molar-refractivity contribution in [2.24, 2.45) is 0 Å². The average molecular weight is 535 g/mol. The Bertz CT molecular complexity index is 1680. The third-order valence-corrected chi connectivity index (χ3v) is 8.26. The number of benzene rings is 3. The fourth-order valence-electron chi connectivity index (χ4n) is 4.33. The molecule has 0 radical (unpaired) electrons. The zero-order chi connectivity index (χ0) is 26.9. The summed E-state index contributed by atoms with van der Waals surface area (Å²) in [6, 6.07) is 18.2. The minimum absolute atomic E-state index is 0.0172. The lowest BCUT2D eigenvalue weighted by Crippen LogP contribution is -2.32. The van der Waals surface area contributed by atoms with Gasteiger partial charge in [-0.1, -0.05) is 19.1 Å². The van der Waals surface area contributed by atoms with Crippen LogP contribution in [0.4, 0.5) is 0 Å². The molecule has 3 aromatic carbocycles. The molecule has 0 atom stereocenters. The number of pyridine rings is 1. The van der Waals surface area contributed by atoms with Gasteiger partial charge in [0.05, 0.1) is 17.6 Å². The van der Waals surface area contributed by atoms with Gasteiger partial charge < -0.3 is 19.2 Å². The van der Waals surface area contributed by atoms with Gasteiger partial charge in [0.1, 0.15) is 0 Å². The standard InChI is InChI=1S/C28H26N2O7S/c1-3-18-4-10-24-21(12-18)14-22(27(31)29-24)16-30(15-19-5-11-25-26(13-19)37-17-36-25)38(33,34)23-8-6-20(7-9-23)28(32)35-2/h4-14H,3,15-17H2,1-2H3,(H,29,31). The molecule has 9 nitrogen and oxygen atoms in total. The van der Waals surface area contributed by atoms with Crippen LogP contribution in [0.2, 0.25) is 0 Å². The van der Waals surface area contributed by atoms with Crippen LogP contribution in [0.5, 0.6) is 11.5 Å². The van der Waals surface area contributed by atoms with E-state index in [1.165, 1.54) is 35.7 Å². The number of hydrogen-bond acceptors (Lipinski definition) is 7. The van der Waals surface area contributed by atoms with E-state index in [9.17, 15) is 18.0 Å². The van der Waals surface area contributed by atoms with Gasteiger partial charge >= 0.3 is 5.97 Å². The van der Waals surface area contributed by atoms with Gasteiger partial charge in [0.2, 0.25) is 16.8 Å². The summed E-state index contributed by atoms with van der Waals surface area (Å²) in [7, 11) is -2.83. The highest BCUT2D eigenvalue weighted by molar-refractivity contribution is 7.89. The number of aromatic amines is 1. The Morgan fingerprint density at radius 3 is 2.42 bits per heavy atom. The van der Waals surface area contributed by atoms with E-state index >= 15 is 0 Å². The maximum atomic E-state index is 13.8. The monoisotopic (exact) mass is 534 g/mol. The van der Waals surface area contributed by atoms with E-state index < -0.39 is 16.0 Å². The normalized spacial score (nSPS) is 12.7. The second kappa shape index (κ2) is 10.3. The van der Waals surface area contributed by atoms with Crippen molar-refractivity contribution in [1.82, 2.24) is 9.29 Å². The Balaban J connectivity index is 1.55. The van der Waals surface area contributed by atoms with Gasteiger partial charge in [-0.2, -0.15) is 4.31 Å². The average Bonchev–Trinajstić information content (AvgIpc) is 3.40. The molecule has 1 aliphatic heterocycles. The molecule has 2 heterocycles. The topological polar surface area (TPSA) is 115 Å². The number of fused-ring (bicyclic) bond motifs is 2. The van der Waals surface area contributed by atoms with E-state index in [2.05, 4.69) is 4.98 Å². The summed E-state index contributed by atoms with van der Waals surface area (Å²) >= 11 is 0. The number of nitrogens with one attached hydrogen (secondary N) is 1. The number of carbonyl (C=O) groups is 1. The fourth-order valence-corrected chi connectivity index (χ4v) is 5.73. The zero-order valence-electron chi connectivity index (χ0n) is 20.9. The molecule has 38 heavy (non-hydrogen) atoms. The summed E-state index contributed by atoms with van der Waals surface area (Å²) in [6.07, 6.45) is 0.830. The summed E-state index contributed by atoms with van der Waals surface area (Å²) in [5, 5.41) is 0.821. The molecule has 0 fully saturated rings. The second-order valence-electron chi connectivity index (χ2n) is 8.88. The first-order valence-electron chi connectivity index (χ1n) is 12.0. The van der Waals surface area contributed by atoms with Crippen molar-refractivity contribution >= 4 is 26.9 Å². The van der Waals surface area contributed by atoms with Crippen LogP contribution in [0.1, 0.15) is 34.0 Å². The third kappa shape index (κ3) is 5.00. The molecular weight excluding hydrogens is 508 g/mol. The number of carbonyl (C=O) groups excluding carboxylic acids is 1. The predicted octanol–water partition coefficient (Wildman–Crippen LogP) is 4.00. The van der Waals surface area contributed by atoms with Gasteiger partial charge in [-0.15, -0.1) is 0 Å². The molecule has 1 N–H and O–H groups in total. The molecule has 1 aromatic heterocycles. The zero-order valence-corrected chi connectivity index (χ0v) is 21.7. The smallest absolute Gasteiger partial charge is 0.337 e. The molecule has 0 saturated carbocycles. The SMILES string of the molecule is CCc1ccc2[nH]c(=O)c(CN(Cc3ccc4c(c3)OCO4)S(=O)(=O)c3ccc(C(=O)OC)cc3)cc2c1. The molecule has 0 bridgehead atoms. The molecule has 10 heteroatoms. The van der Waals surface area contributed by atoms with Crippen molar-refractivity contribution in [2.75, 3.05) is 13.9 Å². The number of H-pyrrole nitrogens is 1. The van der Waals surface area contributed by atoms with Gasteiger partial charge in [0.15, 0.2) is 11.5 Å². The molecule has 0 aliphatic carbocycles. The van der Waals surface area contributed by atoms with E-state index in [1.807, 2.05) is 25.1 Å². The predicted molar refractivity (Wildman–Crippen MR) is 141 cm³/mol. The van der Waals surface area contributed by atoms with Gasteiger partial charge in [-0.25, -0.2) is 13.2 Å². The number of methoxy groups -OCH3 is 1. The van der Waals surface area contributed by atoms with Crippen LogP contribution in [-0.2, 0) is 34.3 Å². The lowest BCUT2D eigenvalue weighted by molar-refractivity contribution is 0.0600. The maximum absolute atomic E-state index is 13.8. The molecule has 0 unspecified atom stereocenters.